The van der Waals surface area contributed by atoms with Crippen LogP contribution in [0.25, 0.3) is 0 Å². The maximum Gasteiger partial charge on any atom is 0.325 e. The second-order valence-corrected chi connectivity index (χ2v) is 4.88. The summed E-state index contributed by atoms with van der Waals surface area (Å²) < 4.78 is 13.5. The summed E-state index contributed by atoms with van der Waals surface area (Å²) in [6.07, 6.45) is 1.02. The van der Waals surface area contributed by atoms with Crippen LogP contribution in [0, 0.1) is 12.7 Å². The molecule has 1 aromatic carbocycles. The number of aromatic nitrogens is 2. The molecule has 104 valence electrons. The Bertz CT molecular complexity index is 797. The number of halogens is 2. The lowest BCUT2D eigenvalue weighted by Crippen LogP contribution is -2.29. The average molecular weight is 342 g/mol. The highest BCUT2D eigenvalue weighted by Crippen LogP contribution is 2.24. The van der Waals surface area contributed by atoms with Gasteiger partial charge >= 0.3 is 5.69 Å². The van der Waals surface area contributed by atoms with Crippen LogP contribution in [0.2, 0.25) is 0 Å². The van der Waals surface area contributed by atoms with Crippen molar-refractivity contribution in [1.29, 1.82) is 0 Å². The van der Waals surface area contributed by atoms with Crippen LogP contribution in [0.3, 0.4) is 0 Å². The topological polar surface area (TPSA) is 94.8 Å². The molecule has 0 atom stereocenters. The van der Waals surface area contributed by atoms with E-state index in [2.05, 4.69) is 26.2 Å². The maximum atomic E-state index is 13.3. The Balaban J connectivity index is 2.35. The van der Waals surface area contributed by atoms with E-state index in [4.69, 9.17) is 0 Å². The van der Waals surface area contributed by atoms with Crippen LogP contribution in [0.1, 0.15) is 15.9 Å². The molecule has 0 spiro atoms. The zero-order valence-electron chi connectivity index (χ0n) is 10.2. The van der Waals surface area contributed by atoms with Gasteiger partial charge in [-0.25, -0.2) is 9.18 Å². The summed E-state index contributed by atoms with van der Waals surface area (Å²) in [7, 11) is 0. The molecule has 1 amide bonds. The number of carbonyl (C=O) groups excluding carboxylic acids is 1. The summed E-state index contributed by atoms with van der Waals surface area (Å²) >= 11 is 3.01. The summed E-state index contributed by atoms with van der Waals surface area (Å²) in [5.74, 6) is -1.16. The Morgan fingerprint density at radius 2 is 2.05 bits per heavy atom. The fourth-order valence-corrected chi connectivity index (χ4v) is 1.89. The third kappa shape index (κ3) is 2.85. The molecule has 1 aromatic heterocycles. The van der Waals surface area contributed by atoms with E-state index in [0.717, 1.165) is 6.20 Å². The van der Waals surface area contributed by atoms with Gasteiger partial charge in [0.15, 0.2) is 0 Å². The van der Waals surface area contributed by atoms with E-state index in [0.29, 0.717) is 11.3 Å². The van der Waals surface area contributed by atoms with Crippen molar-refractivity contribution in [3.63, 3.8) is 0 Å². The molecule has 0 aliphatic heterocycles. The highest BCUT2D eigenvalue weighted by Gasteiger charge is 2.13. The second-order valence-electron chi connectivity index (χ2n) is 4.02. The van der Waals surface area contributed by atoms with Crippen molar-refractivity contribution in [2.45, 2.75) is 6.92 Å². The molecule has 2 aromatic rings. The van der Waals surface area contributed by atoms with Gasteiger partial charge in [-0.05, 0) is 40.5 Å². The van der Waals surface area contributed by atoms with Gasteiger partial charge in [0.2, 0.25) is 0 Å². The van der Waals surface area contributed by atoms with Crippen LogP contribution in [-0.2, 0) is 0 Å². The summed E-state index contributed by atoms with van der Waals surface area (Å²) in [6.45, 7) is 1.61. The van der Waals surface area contributed by atoms with Crippen molar-refractivity contribution in [3.05, 3.63) is 60.6 Å². The lowest BCUT2D eigenvalue weighted by atomic mass is 10.2. The number of anilines is 1. The quantitative estimate of drug-likeness (QED) is 0.772. The Labute approximate surface area is 120 Å². The van der Waals surface area contributed by atoms with Gasteiger partial charge in [-0.3, -0.25) is 14.6 Å². The highest BCUT2D eigenvalue weighted by molar-refractivity contribution is 9.10. The Morgan fingerprint density at radius 1 is 1.35 bits per heavy atom. The zero-order chi connectivity index (χ0) is 14.9. The molecule has 1 heterocycles. The summed E-state index contributed by atoms with van der Waals surface area (Å²) in [4.78, 5) is 38.4. The molecule has 0 saturated carbocycles. The van der Waals surface area contributed by atoms with Crippen molar-refractivity contribution in [2.75, 3.05) is 5.32 Å². The van der Waals surface area contributed by atoms with Crippen LogP contribution in [0.5, 0.6) is 0 Å². The van der Waals surface area contributed by atoms with Gasteiger partial charge in [0, 0.05) is 11.9 Å². The number of hydrogen-bond donors (Lipinski definition) is 3. The van der Waals surface area contributed by atoms with Gasteiger partial charge in [-0.1, -0.05) is 0 Å². The first kappa shape index (κ1) is 14.2. The first-order valence-electron chi connectivity index (χ1n) is 5.47. The number of aromatic amines is 2. The standard InChI is InChI=1S/C12H9BrFN3O3/c1-5-2-8(14)7(13)3-9(5)16-10(18)6-4-15-12(20)17-11(6)19/h2-4H,1H3,(H,16,18)(H2,15,17,19,20). The maximum absolute atomic E-state index is 13.3. The van der Waals surface area contributed by atoms with E-state index in [1.165, 1.54) is 12.1 Å². The number of nitrogens with one attached hydrogen (secondary N) is 3. The summed E-state index contributed by atoms with van der Waals surface area (Å²) in [6, 6.07) is 2.64. The fraction of sp³-hybridized carbons (Fsp3) is 0.0833. The Morgan fingerprint density at radius 3 is 2.70 bits per heavy atom. The van der Waals surface area contributed by atoms with E-state index in [1.807, 2.05) is 4.98 Å². The molecule has 3 N–H and O–H groups in total. The molecule has 0 radical (unpaired) electrons. The molecule has 20 heavy (non-hydrogen) atoms. The number of amides is 1. The van der Waals surface area contributed by atoms with E-state index in [9.17, 15) is 18.8 Å². The predicted octanol–water partition coefficient (Wildman–Crippen LogP) is 1.53. The first-order valence-corrected chi connectivity index (χ1v) is 6.27. The minimum Gasteiger partial charge on any atom is -0.321 e. The van der Waals surface area contributed by atoms with Gasteiger partial charge in [0.1, 0.15) is 11.4 Å². The van der Waals surface area contributed by atoms with Crippen molar-refractivity contribution < 1.29 is 9.18 Å². The van der Waals surface area contributed by atoms with E-state index in [-0.39, 0.29) is 10.0 Å². The molecule has 0 bridgehead atoms. The minimum atomic E-state index is -0.801. The van der Waals surface area contributed by atoms with Gasteiger partial charge < -0.3 is 10.3 Å². The molecule has 8 heteroatoms. The Kier molecular flexibility index (Phi) is 3.84. The molecule has 2 rings (SSSR count). The van der Waals surface area contributed by atoms with Crippen LogP contribution in [-0.4, -0.2) is 15.9 Å². The number of benzene rings is 1. The highest BCUT2D eigenvalue weighted by atomic mass is 79.9. The molecular formula is C12H9BrFN3O3. The van der Waals surface area contributed by atoms with Crippen molar-refractivity contribution in [1.82, 2.24) is 9.97 Å². The fourth-order valence-electron chi connectivity index (χ4n) is 1.55. The van der Waals surface area contributed by atoms with Gasteiger partial charge in [0.25, 0.3) is 11.5 Å². The first-order chi connectivity index (χ1) is 9.38. The molecule has 0 saturated heterocycles. The van der Waals surface area contributed by atoms with E-state index < -0.39 is 23.0 Å². The smallest absolute Gasteiger partial charge is 0.321 e. The van der Waals surface area contributed by atoms with Crippen molar-refractivity contribution in [3.8, 4) is 0 Å². The number of hydrogen-bond acceptors (Lipinski definition) is 3. The summed E-state index contributed by atoms with van der Waals surface area (Å²) in [5.41, 5.74) is -0.893. The Hall–Kier alpha value is -2.22. The molecule has 0 aliphatic rings. The van der Waals surface area contributed by atoms with Crippen LogP contribution in [0.15, 0.2) is 32.4 Å². The van der Waals surface area contributed by atoms with Gasteiger partial charge in [-0.2, -0.15) is 0 Å². The van der Waals surface area contributed by atoms with Crippen molar-refractivity contribution in [2.24, 2.45) is 0 Å². The zero-order valence-corrected chi connectivity index (χ0v) is 11.8. The molecular weight excluding hydrogens is 333 g/mol. The third-order valence-electron chi connectivity index (χ3n) is 2.58. The normalized spacial score (nSPS) is 10.3. The molecule has 0 aliphatic carbocycles. The van der Waals surface area contributed by atoms with Crippen LogP contribution in [0.4, 0.5) is 10.1 Å². The lowest BCUT2D eigenvalue weighted by Gasteiger charge is -2.09. The SMILES string of the molecule is Cc1cc(F)c(Br)cc1NC(=O)c1c[nH]c(=O)[nH]c1=O. The van der Waals surface area contributed by atoms with Gasteiger partial charge in [0.05, 0.1) is 4.47 Å². The van der Waals surface area contributed by atoms with Crippen LogP contribution >= 0.6 is 15.9 Å². The van der Waals surface area contributed by atoms with E-state index >= 15 is 0 Å². The number of rotatable bonds is 2. The molecule has 0 fully saturated rings. The molecule has 0 unspecified atom stereocenters. The number of aryl methyl sites for hydroxylation is 1. The van der Waals surface area contributed by atoms with Gasteiger partial charge in [-0.15, -0.1) is 0 Å². The summed E-state index contributed by atoms with van der Waals surface area (Å²) in [5, 5.41) is 2.48. The van der Waals surface area contributed by atoms with Crippen molar-refractivity contribution >= 4 is 27.5 Å². The monoisotopic (exact) mass is 341 g/mol. The largest absolute Gasteiger partial charge is 0.325 e. The lowest BCUT2D eigenvalue weighted by molar-refractivity contribution is 0.102. The minimum absolute atomic E-state index is 0.189. The van der Waals surface area contributed by atoms with Crippen LogP contribution < -0.4 is 16.6 Å². The third-order valence-corrected chi connectivity index (χ3v) is 3.19. The molecule has 6 nitrogen and oxygen atoms in total. The predicted molar refractivity (Wildman–Crippen MR) is 74.5 cm³/mol. The van der Waals surface area contributed by atoms with E-state index in [1.54, 1.807) is 6.92 Å². The number of H-pyrrole nitrogens is 2. The second kappa shape index (κ2) is 5.41. The number of carbonyl (C=O) groups is 1. The average Bonchev–Trinajstić information content (AvgIpc) is 2.35.